The normalized spacial score (nSPS) is 10.6. The van der Waals surface area contributed by atoms with Gasteiger partial charge in [0.2, 0.25) is 5.91 Å². The molecule has 25 heavy (non-hydrogen) atoms. The lowest BCUT2D eigenvalue weighted by atomic mass is 10.2. The summed E-state index contributed by atoms with van der Waals surface area (Å²) in [5, 5.41) is 5.11. The molecule has 1 heterocycles. The van der Waals surface area contributed by atoms with E-state index in [1.54, 1.807) is 24.3 Å². The van der Waals surface area contributed by atoms with Crippen molar-refractivity contribution in [3.8, 4) is 0 Å². The third-order valence-corrected chi connectivity index (χ3v) is 4.55. The van der Waals surface area contributed by atoms with Gasteiger partial charge in [-0.2, -0.15) is 0 Å². The van der Waals surface area contributed by atoms with Gasteiger partial charge in [0.05, 0.1) is 15.9 Å². The lowest BCUT2D eigenvalue weighted by Crippen LogP contribution is -2.27. The first kappa shape index (κ1) is 17.3. The zero-order valence-electron chi connectivity index (χ0n) is 12.9. The van der Waals surface area contributed by atoms with Crippen LogP contribution in [-0.4, -0.2) is 23.3 Å². The Morgan fingerprint density at radius 1 is 1.20 bits per heavy atom. The Bertz CT molecular complexity index is 945. The predicted molar refractivity (Wildman–Crippen MR) is 96.6 cm³/mol. The van der Waals surface area contributed by atoms with E-state index in [0.717, 1.165) is 4.70 Å². The maximum Gasteiger partial charge on any atom is 0.251 e. The van der Waals surface area contributed by atoms with Gasteiger partial charge in [0.15, 0.2) is 4.47 Å². The monoisotopic (exact) mass is 377 g/mol. The summed E-state index contributed by atoms with van der Waals surface area (Å²) in [5.74, 6) is -1.20. The molecule has 0 unspecified atom stereocenters. The van der Waals surface area contributed by atoms with Crippen LogP contribution in [0.5, 0.6) is 0 Å². The van der Waals surface area contributed by atoms with Crippen molar-refractivity contribution in [2.45, 2.75) is 6.42 Å². The number of amides is 2. The van der Waals surface area contributed by atoms with Gasteiger partial charge in [-0.15, -0.1) is 11.3 Å². The highest BCUT2D eigenvalue weighted by atomic mass is 35.5. The fourth-order valence-electron chi connectivity index (χ4n) is 2.21. The van der Waals surface area contributed by atoms with Crippen molar-refractivity contribution < 1.29 is 14.0 Å². The molecular formula is C17H13ClFN3O2S. The van der Waals surface area contributed by atoms with Gasteiger partial charge in [0, 0.05) is 18.5 Å². The van der Waals surface area contributed by atoms with E-state index in [-0.39, 0.29) is 30.5 Å². The molecule has 0 atom stereocenters. The van der Waals surface area contributed by atoms with E-state index in [9.17, 15) is 14.0 Å². The molecule has 8 heteroatoms. The molecule has 0 saturated carbocycles. The van der Waals surface area contributed by atoms with Crippen LogP contribution in [0.1, 0.15) is 16.8 Å². The van der Waals surface area contributed by atoms with Gasteiger partial charge in [-0.3, -0.25) is 9.59 Å². The molecule has 5 nitrogen and oxygen atoms in total. The van der Waals surface area contributed by atoms with Crippen molar-refractivity contribution in [1.29, 1.82) is 0 Å². The largest absolute Gasteiger partial charge is 0.352 e. The van der Waals surface area contributed by atoms with E-state index in [1.807, 2.05) is 0 Å². The third kappa shape index (κ3) is 4.32. The van der Waals surface area contributed by atoms with Crippen LogP contribution in [0.3, 0.4) is 0 Å². The standard InChI is InChI=1S/C17H13ClFN3O2S/c18-17-22-13-9-10(5-6-14(13)25-17)16(24)20-8-7-15(23)21-12-4-2-1-3-11(12)19/h1-6,9H,7-8H2,(H,20,24)(H,21,23). The first-order valence-electron chi connectivity index (χ1n) is 7.41. The first-order valence-corrected chi connectivity index (χ1v) is 8.61. The minimum atomic E-state index is -0.505. The summed E-state index contributed by atoms with van der Waals surface area (Å²) in [5.41, 5.74) is 1.20. The van der Waals surface area contributed by atoms with Crippen molar-refractivity contribution in [2.24, 2.45) is 0 Å². The summed E-state index contributed by atoms with van der Waals surface area (Å²) in [6.45, 7) is 0.134. The van der Waals surface area contributed by atoms with Crippen LogP contribution in [0.2, 0.25) is 4.47 Å². The maximum absolute atomic E-state index is 13.5. The van der Waals surface area contributed by atoms with Gasteiger partial charge in [-0.05, 0) is 30.3 Å². The highest BCUT2D eigenvalue weighted by molar-refractivity contribution is 7.22. The summed E-state index contributed by atoms with van der Waals surface area (Å²) >= 11 is 7.18. The summed E-state index contributed by atoms with van der Waals surface area (Å²) in [7, 11) is 0. The van der Waals surface area contributed by atoms with Gasteiger partial charge in [0.25, 0.3) is 5.91 Å². The Labute approximate surface area is 151 Å². The average molecular weight is 378 g/mol. The van der Waals surface area contributed by atoms with Crippen LogP contribution in [0, 0.1) is 5.82 Å². The molecule has 0 fully saturated rings. The fraction of sp³-hybridized carbons (Fsp3) is 0.118. The fourth-order valence-corrected chi connectivity index (χ4v) is 3.22. The van der Waals surface area contributed by atoms with Crippen molar-refractivity contribution >= 4 is 50.7 Å². The quantitative estimate of drug-likeness (QED) is 0.709. The molecule has 2 aromatic carbocycles. The number of aromatic nitrogens is 1. The second-order valence-electron chi connectivity index (χ2n) is 5.18. The van der Waals surface area contributed by atoms with Crippen LogP contribution >= 0.6 is 22.9 Å². The van der Waals surface area contributed by atoms with E-state index in [2.05, 4.69) is 15.6 Å². The number of carbonyl (C=O) groups excluding carboxylic acids is 2. The Hall–Kier alpha value is -2.51. The van der Waals surface area contributed by atoms with Gasteiger partial charge in [-0.25, -0.2) is 9.37 Å². The number of thiazole rings is 1. The number of hydrogen-bond acceptors (Lipinski definition) is 4. The van der Waals surface area contributed by atoms with Crippen molar-refractivity contribution in [3.05, 3.63) is 58.3 Å². The van der Waals surface area contributed by atoms with Crippen molar-refractivity contribution in [3.63, 3.8) is 0 Å². The smallest absolute Gasteiger partial charge is 0.251 e. The molecule has 2 amide bonds. The summed E-state index contributed by atoms with van der Waals surface area (Å²) in [6.07, 6.45) is 0.0326. The molecule has 0 aliphatic carbocycles. The molecule has 2 N–H and O–H groups in total. The molecule has 0 radical (unpaired) electrons. The molecule has 3 aromatic rings. The number of fused-ring (bicyclic) bond motifs is 1. The number of benzene rings is 2. The Kier molecular flexibility index (Phi) is 5.25. The highest BCUT2D eigenvalue weighted by Crippen LogP contribution is 2.26. The predicted octanol–water partition coefficient (Wildman–Crippen LogP) is 3.85. The Morgan fingerprint density at radius 2 is 2.00 bits per heavy atom. The second kappa shape index (κ2) is 7.58. The van der Waals surface area contributed by atoms with Gasteiger partial charge < -0.3 is 10.6 Å². The number of carbonyl (C=O) groups is 2. The number of hydrogen-bond donors (Lipinski definition) is 2. The van der Waals surface area contributed by atoms with Crippen LogP contribution in [0.15, 0.2) is 42.5 Å². The summed E-state index contributed by atoms with van der Waals surface area (Å²) in [6, 6.07) is 11.0. The van der Waals surface area contributed by atoms with Crippen molar-refractivity contribution in [1.82, 2.24) is 10.3 Å². The first-order chi connectivity index (χ1) is 12.0. The van der Waals surface area contributed by atoms with E-state index in [4.69, 9.17) is 11.6 Å². The molecule has 0 saturated heterocycles. The number of rotatable bonds is 5. The van der Waals surface area contributed by atoms with Crippen LogP contribution in [-0.2, 0) is 4.79 Å². The summed E-state index contributed by atoms with van der Waals surface area (Å²) in [4.78, 5) is 28.1. The van der Waals surface area contributed by atoms with Crippen molar-refractivity contribution in [2.75, 3.05) is 11.9 Å². The van der Waals surface area contributed by atoms with Crippen LogP contribution in [0.4, 0.5) is 10.1 Å². The van der Waals surface area contributed by atoms with E-state index >= 15 is 0 Å². The topological polar surface area (TPSA) is 71.1 Å². The van der Waals surface area contributed by atoms with Gasteiger partial charge in [0.1, 0.15) is 5.82 Å². The number of anilines is 1. The average Bonchev–Trinajstić information content (AvgIpc) is 2.96. The number of para-hydroxylation sites is 1. The Morgan fingerprint density at radius 3 is 2.80 bits per heavy atom. The third-order valence-electron chi connectivity index (χ3n) is 3.41. The molecule has 0 aliphatic rings. The molecule has 3 rings (SSSR count). The molecular weight excluding hydrogens is 365 g/mol. The SMILES string of the molecule is O=C(CCNC(=O)c1ccc2sc(Cl)nc2c1)Nc1ccccc1F. The van der Waals surface area contributed by atoms with Crippen LogP contribution in [0.25, 0.3) is 10.2 Å². The maximum atomic E-state index is 13.5. The van der Waals surface area contributed by atoms with E-state index in [1.165, 1.54) is 29.5 Å². The lowest BCUT2D eigenvalue weighted by molar-refractivity contribution is -0.116. The molecule has 1 aromatic heterocycles. The number of halogens is 2. The van der Waals surface area contributed by atoms with Crippen LogP contribution < -0.4 is 10.6 Å². The molecule has 0 spiro atoms. The minimum absolute atomic E-state index is 0.0326. The number of nitrogens with zero attached hydrogens (tertiary/aromatic N) is 1. The summed E-state index contributed by atoms with van der Waals surface area (Å²) < 4.78 is 14.8. The minimum Gasteiger partial charge on any atom is -0.352 e. The molecule has 128 valence electrons. The lowest BCUT2D eigenvalue weighted by Gasteiger charge is -2.07. The van der Waals surface area contributed by atoms with E-state index < -0.39 is 5.82 Å². The van der Waals surface area contributed by atoms with E-state index in [0.29, 0.717) is 15.5 Å². The second-order valence-corrected chi connectivity index (χ2v) is 6.80. The molecule has 0 bridgehead atoms. The number of nitrogens with one attached hydrogen (secondary N) is 2. The molecule has 0 aliphatic heterocycles. The highest BCUT2D eigenvalue weighted by Gasteiger charge is 2.10. The zero-order chi connectivity index (χ0) is 17.8. The Balaban J connectivity index is 1.53. The van der Waals surface area contributed by atoms with Gasteiger partial charge in [-0.1, -0.05) is 23.7 Å². The van der Waals surface area contributed by atoms with Gasteiger partial charge >= 0.3 is 0 Å². The zero-order valence-corrected chi connectivity index (χ0v) is 14.5.